The lowest BCUT2D eigenvalue weighted by atomic mass is 10.1. The van der Waals surface area contributed by atoms with Crippen LogP contribution >= 0.6 is 7.26 Å². The molecule has 5 heteroatoms. The van der Waals surface area contributed by atoms with Gasteiger partial charge < -0.3 is 33.3 Å². The van der Waals surface area contributed by atoms with E-state index >= 15 is 0 Å². The zero-order valence-corrected chi connectivity index (χ0v) is 23.8. The number of benzene rings is 4. The maximum Gasteiger partial charge on any atom is 0.262 e. The second kappa shape index (κ2) is 11.6. The van der Waals surface area contributed by atoms with E-state index in [0.29, 0.717) is 5.89 Å². The first-order valence-electron chi connectivity index (χ1n) is 12.7. The van der Waals surface area contributed by atoms with Crippen molar-refractivity contribution in [3.8, 4) is 11.5 Å². The highest BCUT2D eigenvalue weighted by molar-refractivity contribution is 8.01. The van der Waals surface area contributed by atoms with Gasteiger partial charge >= 0.3 is 0 Å². The van der Waals surface area contributed by atoms with Crippen molar-refractivity contribution >= 4 is 34.5 Å². The molecule has 0 aliphatic carbocycles. The van der Waals surface area contributed by atoms with Crippen molar-refractivity contribution < 1.29 is 28.4 Å². The van der Waals surface area contributed by atoms with Crippen molar-refractivity contribution in [3.63, 3.8) is 0 Å². The molecule has 5 aromatic rings. The van der Waals surface area contributed by atoms with Crippen LogP contribution in [0.5, 0.6) is 0 Å². The Balaban J connectivity index is 0.00000280. The predicted octanol–water partition coefficient (Wildman–Crippen LogP) is 2.96. The number of halogens is 1. The number of aromatic nitrogens is 1. The molecule has 0 spiro atoms. The maximum atomic E-state index is 6.75. The summed E-state index contributed by atoms with van der Waals surface area (Å²) in [6.45, 7) is 1.99. The molecule has 2 heterocycles. The molecule has 0 unspecified atom stereocenters. The van der Waals surface area contributed by atoms with E-state index in [4.69, 9.17) is 9.40 Å². The lowest BCUT2D eigenvalue weighted by Crippen LogP contribution is -3.00. The van der Waals surface area contributed by atoms with Gasteiger partial charge in [-0.25, -0.2) is 0 Å². The van der Waals surface area contributed by atoms with Gasteiger partial charge in [-0.15, -0.1) is 0 Å². The van der Waals surface area contributed by atoms with Gasteiger partial charge in [0, 0.05) is 18.7 Å². The van der Waals surface area contributed by atoms with Crippen LogP contribution in [0.1, 0.15) is 19.3 Å². The maximum absolute atomic E-state index is 6.75. The summed E-state index contributed by atoms with van der Waals surface area (Å²) in [5.41, 5.74) is 2.07. The highest BCUT2D eigenvalue weighted by Crippen LogP contribution is 2.56. The topological polar surface area (TPSA) is 29.3 Å². The Morgan fingerprint density at radius 3 is 1.46 bits per heavy atom. The SMILES string of the molecule is [I-].c1ccc(-c2nc([P+](c3ccccc3)(c3ccccc3)c3ccccc3)c(N3CCCCC3)o2)cc1. The first-order valence-corrected chi connectivity index (χ1v) is 14.5. The molecule has 1 fully saturated rings. The first kappa shape index (κ1) is 25.7. The summed E-state index contributed by atoms with van der Waals surface area (Å²) in [6, 6.07) is 43.1. The smallest absolute Gasteiger partial charge is 0.262 e. The number of oxazole rings is 1. The molecule has 3 nitrogen and oxygen atoms in total. The highest BCUT2D eigenvalue weighted by atomic mass is 127. The molecule has 1 aliphatic heterocycles. The average Bonchev–Trinajstić information content (AvgIpc) is 3.42. The van der Waals surface area contributed by atoms with Gasteiger partial charge in [0.2, 0.25) is 5.89 Å². The third kappa shape index (κ3) is 4.85. The predicted molar refractivity (Wildman–Crippen MR) is 153 cm³/mol. The van der Waals surface area contributed by atoms with Gasteiger partial charge in [0.05, 0.1) is 0 Å². The molecule has 1 aliphatic rings. The van der Waals surface area contributed by atoms with Crippen LogP contribution in [-0.2, 0) is 0 Å². The van der Waals surface area contributed by atoms with Gasteiger partial charge in [-0.1, -0.05) is 72.8 Å². The van der Waals surface area contributed by atoms with Crippen molar-refractivity contribution in [1.82, 2.24) is 4.98 Å². The highest BCUT2D eigenvalue weighted by Gasteiger charge is 2.53. The average molecular weight is 616 g/mol. The minimum Gasteiger partial charge on any atom is -1.00 e. The first-order chi connectivity index (χ1) is 17.9. The second-order valence-electron chi connectivity index (χ2n) is 9.24. The van der Waals surface area contributed by atoms with Crippen molar-refractivity contribution in [2.24, 2.45) is 0 Å². The largest absolute Gasteiger partial charge is 1.00 e. The summed E-state index contributed by atoms with van der Waals surface area (Å²) >= 11 is 0. The number of nitrogens with zero attached hydrogens (tertiary/aromatic N) is 2. The Morgan fingerprint density at radius 1 is 0.568 bits per heavy atom. The van der Waals surface area contributed by atoms with Crippen LogP contribution in [0.15, 0.2) is 126 Å². The number of rotatable bonds is 6. The number of anilines is 1. The zero-order valence-electron chi connectivity index (χ0n) is 20.7. The van der Waals surface area contributed by atoms with E-state index in [1.54, 1.807) is 0 Å². The van der Waals surface area contributed by atoms with Crippen LogP contribution in [-0.4, -0.2) is 18.1 Å². The van der Waals surface area contributed by atoms with E-state index in [1.807, 2.05) is 18.2 Å². The van der Waals surface area contributed by atoms with Crippen LogP contribution in [0, 0.1) is 0 Å². The van der Waals surface area contributed by atoms with Crippen LogP contribution in [0.4, 0.5) is 5.88 Å². The van der Waals surface area contributed by atoms with Crippen LogP contribution in [0.25, 0.3) is 11.5 Å². The number of hydrogen-bond donors (Lipinski definition) is 0. The fraction of sp³-hybridized carbons (Fsp3) is 0.156. The molecule has 0 amide bonds. The number of hydrogen-bond acceptors (Lipinski definition) is 3. The molecule has 4 aromatic carbocycles. The molecule has 0 saturated carbocycles. The quantitative estimate of drug-likeness (QED) is 0.217. The molecule has 0 bridgehead atoms. The lowest BCUT2D eigenvalue weighted by molar-refractivity contribution is -0.00000751. The zero-order chi connectivity index (χ0) is 24.2. The van der Waals surface area contributed by atoms with Crippen molar-refractivity contribution in [1.29, 1.82) is 0 Å². The van der Waals surface area contributed by atoms with Gasteiger partial charge in [-0.3, -0.25) is 0 Å². The van der Waals surface area contributed by atoms with Gasteiger partial charge in [0.1, 0.15) is 15.9 Å². The molecule has 0 N–H and O–H groups in total. The van der Waals surface area contributed by atoms with Gasteiger partial charge in [0.25, 0.3) is 11.3 Å². The van der Waals surface area contributed by atoms with E-state index < -0.39 is 7.26 Å². The molecule has 37 heavy (non-hydrogen) atoms. The van der Waals surface area contributed by atoms with Gasteiger partial charge in [-0.2, -0.15) is 4.98 Å². The summed E-state index contributed by atoms with van der Waals surface area (Å²) in [5.74, 6) is 1.62. The van der Waals surface area contributed by atoms with Crippen molar-refractivity contribution in [2.75, 3.05) is 18.0 Å². The van der Waals surface area contributed by atoms with Crippen molar-refractivity contribution in [3.05, 3.63) is 121 Å². The Labute approximate surface area is 236 Å². The Morgan fingerprint density at radius 2 is 1.00 bits per heavy atom. The number of piperidine rings is 1. The molecule has 6 rings (SSSR count). The Hall–Kier alpha value is -2.95. The van der Waals surface area contributed by atoms with Gasteiger partial charge in [0.15, 0.2) is 7.26 Å². The van der Waals surface area contributed by atoms with Crippen molar-refractivity contribution in [2.45, 2.75) is 19.3 Å². The summed E-state index contributed by atoms with van der Waals surface area (Å²) < 4.78 is 6.75. The third-order valence-electron chi connectivity index (χ3n) is 7.00. The molecule has 0 radical (unpaired) electrons. The summed E-state index contributed by atoms with van der Waals surface area (Å²) in [6.07, 6.45) is 3.62. The third-order valence-corrected chi connectivity index (χ3v) is 11.1. The summed E-state index contributed by atoms with van der Waals surface area (Å²) in [4.78, 5) is 7.83. The van der Waals surface area contributed by atoms with E-state index in [2.05, 4.69) is 108 Å². The molecule has 1 saturated heterocycles. The Kier molecular flexibility index (Phi) is 8.07. The minimum absolute atomic E-state index is 0. The molecule has 0 atom stereocenters. The van der Waals surface area contributed by atoms with Crippen LogP contribution in [0.3, 0.4) is 0 Å². The fourth-order valence-electron chi connectivity index (χ4n) is 5.30. The minimum atomic E-state index is -2.36. The summed E-state index contributed by atoms with van der Waals surface area (Å²) in [5, 5.41) is 3.86. The van der Waals surface area contributed by atoms with Crippen LogP contribution < -0.4 is 50.2 Å². The van der Waals surface area contributed by atoms with Gasteiger partial charge in [-0.05, 0) is 67.8 Å². The monoisotopic (exact) mass is 616 g/mol. The standard InChI is InChI=1S/C32H30N2OP.HI/c1-6-16-26(17-7-1)30-33-31(32(35-30)34-24-14-5-15-25-34)36(27-18-8-2-9-19-27,28-20-10-3-11-21-28)29-22-12-4-13-23-29;/h1-4,6-13,16-23H,5,14-15,24-25H2;1H/q+1;/p-1. The molecular weight excluding hydrogens is 586 g/mol. The van der Waals surface area contributed by atoms with E-state index in [9.17, 15) is 0 Å². The summed E-state index contributed by atoms with van der Waals surface area (Å²) in [7, 11) is -2.36. The lowest BCUT2D eigenvalue weighted by Gasteiger charge is -2.30. The van der Waals surface area contributed by atoms with E-state index in [0.717, 1.165) is 30.0 Å². The second-order valence-corrected chi connectivity index (χ2v) is 12.6. The van der Waals surface area contributed by atoms with E-state index in [1.165, 1.54) is 35.2 Å². The molecule has 186 valence electrons. The normalized spacial score (nSPS) is 13.7. The van der Waals surface area contributed by atoms with E-state index in [-0.39, 0.29) is 24.0 Å². The molecular formula is C32H30IN2OP. The Bertz CT molecular complexity index is 1310. The molecule has 1 aromatic heterocycles. The van der Waals surface area contributed by atoms with Crippen LogP contribution in [0.2, 0.25) is 0 Å². The fourth-order valence-corrected chi connectivity index (χ4v) is 9.50.